The zero-order chi connectivity index (χ0) is 12.4. The van der Waals surface area contributed by atoms with E-state index in [2.05, 4.69) is 23.7 Å². The van der Waals surface area contributed by atoms with Crippen molar-refractivity contribution in [2.75, 3.05) is 11.4 Å². The minimum absolute atomic E-state index is 0.300. The van der Waals surface area contributed by atoms with Gasteiger partial charge in [0.1, 0.15) is 11.6 Å². The van der Waals surface area contributed by atoms with Crippen molar-refractivity contribution in [3.05, 3.63) is 23.6 Å². The summed E-state index contributed by atoms with van der Waals surface area (Å²) in [7, 11) is 0. The maximum atomic E-state index is 13.1. The zero-order valence-electron chi connectivity index (χ0n) is 10.3. The SMILES string of the molecule is CC(C)N(CC1CC1)c1ncc(F)cc1CCl. The molecule has 1 aliphatic carbocycles. The Morgan fingerprint density at radius 1 is 1.53 bits per heavy atom. The second kappa shape index (κ2) is 5.21. The lowest BCUT2D eigenvalue weighted by Gasteiger charge is -2.29. The van der Waals surface area contributed by atoms with Gasteiger partial charge in [0, 0.05) is 18.2 Å². The molecular formula is C13H18ClFN2. The first-order valence-corrected chi connectivity index (χ1v) is 6.62. The van der Waals surface area contributed by atoms with Gasteiger partial charge in [-0.1, -0.05) is 0 Å². The second-order valence-corrected chi connectivity index (χ2v) is 5.23. The fourth-order valence-corrected chi connectivity index (χ4v) is 2.15. The average molecular weight is 257 g/mol. The standard InChI is InChI=1S/C13H18ClFN2/c1-9(2)17(8-10-3-4-10)13-11(6-14)5-12(15)7-16-13/h5,7,9-10H,3-4,6,8H2,1-2H3. The molecule has 0 N–H and O–H groups in total. The van der Waals surface area contributed by atoms with Crippen LogP contribution in [0, 0.1) is 11.7 Å². The van der Waals surface area contributed by atoms with Gasteiger partial charge in [-0.25, -0.2) is 9.37 Å². The fraction of sp³-hybridized carbons (Fsp3) is 0.615. The number of hydrogen-bond donors (Lipinski definition) is 0. The number of hydrogen-bond acceptors (Lipinski definition) is 2. The predicted molar refractivity (Wildman–Crippen MR) is 69.0 cm³/mol. The molecule has 94 valence electrons. The molecule has 2 nitrogen and oxygen atoms in total. The van der Waals surface area contributed by atoms with Crippen LogP contribution in [-0.4, -0.2) is 17.6 Å². The Hall–Kier alpha value is -0.830. The molecule has 1 saturated carbocycles. The monoisotopic (exact) mass is 256 g/mol. The number of alkyl halides is 1. The summed E-state index contributed by atoms with van der Waals surface area (Å²) in [6.45, 7) is 5.26. The molecule has 17 heavy (non-hydrogen) atoms. The van der Waals surface area contributed by atoms with E-state index in [0.29, 0.717) is 11.9 Å². The van der Waals surface area contributed by atoms with E-state index in [-0.39, 0.29) is 5.82 Å². The number of aromatic nitrogens is 1. The van der Waals surface area contributed by atoms with E-state index < -0.39 is 0 Å². The van der Waals surface area contributed by atoms with Gasteiger partial charge in [0.25, 0.3) is 0 Å². The normalized spacial score (nSPS) is 15.4. The van der Waals surface area contributed by atoms with Crippen LogP contribution in [0.25, 0.3) is 0 Å². The number of anilines is 1. The Morgan fingerprint density at radius 3 is 2.76 bits per heavy atom. The van der Waals surface area contributed by atoms with Gasteiger partial charge in [-0.3, -0.25) is 0 Å². The highest BCUT2D eigenvalue weighted by molar-refractivity contribution is 6.17. The van der Waals surface area contributed by atoms with Crippen molar-refractivity contribution in [3.63, 3.8) is 0 Å². The van der Waals surface area contributed by atoms with Crippen LogP contribution >= 0.6 is 11.6 Å². The Morgan fingerprint density at radius 2 is 2.24 bits per heavy atom. The van der Waals surface area contributed by atoms with Gasteiger partial charge in [0.05, 0.1) is 12.1 Å². The first-order valence-electron chi connectivity index (χ1n) is 6.09. The van der Waals surface area contributed by atoms with Crippen molar-refractivity contribution in [2.45, 2.75) is 38.6 Å². The lowest BCUT2D eigenvalue weighted by Crippen LogP contribution is -2.34. The van der Waals surface area contributed by atoms with Crippen LogP contribution in [-0.2, 0) is 5.88 Å². The molecule has 1 aliphatic rings. The quantitative estimate of drug-likeness (QED) is 0.749. The molecular weight excluding hydrogens is 239 g/mol. The van der Waals surface area contributed by atoms with Crippen LogP contribution in [0.2, 0.25) is 0 Å². The number of nitrogens with zero attached hydrogens (tertiary/aromatic N) is 2. The zero-order valence-corrected chi connectivity index (χ0v) is 11.0. The van der Waals surface area contributed by atoms with E-state index in [1.165, 1.54) is 25.1 Å². The Balaban J connectivity index is 2.26. The molecule has 1 heterocycles. The first-order chi connectivity index (χ1) is 8.11. The van der Waals surface area contributed by atoms with E-state index in [1.807, 2.05) is 0 Å². The minimum atomic E-state index is -0.320. The van der Waals surface area contributed by atoms with E-state index in [4.69, 9.17) is 11.6 Å². The van der Waals surface area contributed by atoms with Gasteiger partial charge in [-0.05, 0) is 38.7 Å². The Labute approximate surface area is 107 Å². The summed E-state index contributed by atoms with van der Waals surface area (Å²) in [6.07, 6.45) is 3.86. The predicted octanol–water partition coefficient (Wildman–Crippen LogP) is 3.58. The fourth-order valence-electron chi connectivity index (χ4n) is 1.95. The maximum Gasteiger partial charge on any atom is 0.141 e. The van der Waals surface area contributed by atoms with Gasteiger partial charge >= 0.3 is 0 Å². The van der Waals surface area contributed by atoms with E-state index >= 15 is 0 Å². The van der Waals surface area contributed by atoms with Gasteiger partial charge < -0.3 is 4.90 Å². The highest BCUT2D eigenvalue weighted by Crippen LogP contribution is 2.33. The topological polar surface area (TPSA) is 16.1 Å². The summed E-state index contributed by atoms with van der Waals surface area (Å²) in [6, 6.07) is 1.84. The molecule has 1 aromatic heterocycles. The van der Waals surface area contributed by atoms with Crippen LogP contribution in [0.15, 0.2) is 12.3 Å². The average Bonchev–Trinajstić information content (AvgIpc) is 3.09. The summed E-state index contributed by atoms with van der Waals surface area (Å²) in [5.74, 6) is 1.59. The van der Waals surface area contributed by atoms with Crippen molar-refractivity contribution >= 4 is 17.4 Å². The largest absolute Gasteiger partial charge is 0.354 e. The number of pyridine rings is 1. The summed E-state index contributed by atoms with van der Waals surface area (Å²) in [5, 5.41) is 0. The summed E-state index contributed by atoms with van der Waals surface area (Å²) in [5.41, 5.74) is 0.779. The third kappa shape index (κ3) is 3.09. The molecule has 0 aliphatic heterocycles. The molecule has 0 unspecified atom stereocenters. The van der Waals surface area contributed by atoms with E-state index in [1.54, 1.807) is 0 Å². The molecule has 4 heteroatoms. The molecule has 2 rings (SSSR count). The molecule has 0 saturated heterocycles. The smallest absolute Gasteiger partial charge is 0.141 e. The third-order valence-electron chi connectivity index (χ3n) is 3.10. The highest BCUT2D eigenvalue weighted by Gasteiger charge is 2.27. The van der Waals surface area contributed by atoms with Crippen molar-refractivity contribution in [1.82, 2.24) is 4.98 Å². The van der Waals surface area contributed by atoms with Gasteiger partial charge in [-0.2, -0.15) is 0 Å². The molecule has 0 spiro atoms. The summed E-state index contributed by atoms with van der Waals surface area (Å²) < 4.78 is 13.1. The molecule has 0 atom stereocenters. The van der Waals surface area contributed by atoms with E-state index in [0.717, 1.165) is 23.8 Å². The van der Waals surface area contributed by atoms with Crippen LogP contribution in [0.5, 0.6) is 0 Å². The van der Waals surface area contributed by atoms with Crippen molar-refractivity contribution in [3.8, 4) is 0 Å². The van der Waals surface area contributed by atoms with Crippen LogP contribution in [0.4, 0.5) is 10.2 Å². The van der Waals surface area contributed by atoms with Crippen LogP contribution in [0.3, 0.4) is 0 Å². The van der Waals surface area contributed by atoms with Crippen molar-refractivity contribution in [1.29, 1.82) is 0 Å². The van der Waals surface area contributed by atoms with Gasteiger partial charge in [0.2, 0.25) is 0 Å². The molecule has 1 fully saturated rings. The molecule has 1 aromatic rings. The van der Waals surface area contributed by atoms with Gasteiger partial charge in [0.15, 0.2) is 0 Å². The molecule has 0 bridgehead atoms. The van der Waals surface area contributed by atoms with Crippen molar-refractivity contribution in [2.24, 2.45) is 5.92 Å². The van der Waals surface area contributed by atoms with E-state index in [9.17, 15) is 4.39 Å². The van der Waals surface area contributed by atoms with Gasteiger partial charge in [-0.15, -0.1) is 11.6 Å². The summed E-state index contributed by atoms with van der Waals surface area (Å²) in [4.78, 5) is 6.45. The van der Waals surface area contributed by atoms with Crippen LogP contribution in [0.1, 0.15) is 32.3 Å². The number of halogens is 2. The second-order valence-electron chi connectivity index (χ2n) is 4.96. The Kier molecular flexibility index (Phi) is 3.87. The Bertz CT molecular complexity index is 391. The molecule has 0 aromatic carbocycles. The highest BCUT2D eigenvalue weighted by atomic mass is 35.5. The third-order valence-corrected chi connectivity index (χ3v) is 3.39. The molecule has 0 amide bonds. The maximum absolute atomic E-state index is 13.1. The minimum Gasteiger partial charge on any atom is -0.354 e. The first kappa shape index (κ1) is 12.6. The number of rotatable bonds is 5. The lowest BCUT2D eigenvalue weighted by molar-refractivity contribution is 0.607. The lowest BCUT2D eigenvalue weighted by atomic mass is 10.2. The summed E-state index contributed by atoms with van der Waals surface area (Å²) >= 11 is 5.87. The van der Waals surface area contributed by atoms with Crippen LogP contribution < -0.4 is 4.90 Å². The molecule has 0 radical (unpaired) electrons. The van der Waals surface area contributed by atoms with Crippen molar-refractivity contribution < 1.29 is 4.39 Å².